The topological polar surface area (TPSA) is 9.23 Å². The minimum absolute atomic E-state index is 0.224. The first-order valence-electron chi connectivity index (χ1n) is 6.14. The molecular formula is C16H16BrClO. The van der Waals surface area contributed by atoms with E-state index in [9.17, 15) is 0 Å². The maximum atomic E-state index is 6.19. The van der Waals surface area contributed by atoms with Crippen LogP contribution in [0.25, 0.3) is 0 Å². The van der Waals surface area contributed by atoms with Crippen LogP contribution in [0.1, 0.15) is 21.5 Å². The summed E-state index contributed by atoms with van der Waals surface area (Å²) in [6.07, 6.45) is 0.853. The van der Waals surface area contributed by atoms with Gasteiger partial charge in [0.25, 0.3) is 0 Å². The highest BCUT2D eigenvalue weighted by Gasteiger charge is 2.12. The van der Waals surface area contributed by atoms with E-state index in [1.807, 2.05) is 25.1 Å². The Hall–Kier alpha value is -0.990. The number of hydrogen-bond donors (Lipinski definition) is 0. The number of methoxy groups -OCH3 is 1. The number of halogens is 2. The lowest BCUT2D eigenvalue weighted by Crippen LogP contribution is -1.98. The van der Waals surface area contributed by atoms with Crippen LogP contribution in [-0.4, -0.2) is 7.11 Å². The van der Waals surface area contributed by atoms with Crippen molar-refractivity contribution in [1.29, 1.82) is 0 Å². The summed E-state index contributed by atoms with van der Waals surface area (Å²) in [5, 5.41) is 0.811. The van der Waals surface area contributed by atoms with Gasteiger partial charge in [0.15, 0.2) is 0 Å². The third kappa shape index (κ3) is 3.52. The van der Waals surface area contributed by atoms with Crippen molar-refractivity contribution in [3.63, 3.8) is 0 Å². The fraction of sp³-hybridized carbons (Fsp3) is 0.250. The molecule has 0 amide bonds. The summed E-state index contributed by atoms with van der Waals surface area (Å²) in [4.78, 5) is 0.224. The molecule has 2 rings (SSSR count). The predicted molar refractivity (Wildman–Crippen MR) is 84.6 cm³/mol. The number of benzene rings is 2. The minimum atomic E-state index is 0.224. The molecule has 1 atom stereocenters. The highest BCUT2D eigenvalue weighted by molar-refractivity contribution is 9.09. The van der Waals surface area contributed by atoms with Gasteiger partial charge < -0.3 is 4.74 Å². The molecule has 0 heterocycles. The lowest BCUT2D eigenvalue weighted by atomic mass is 10.0. The molecule has 2 aromatic carbocycles. The first-order valence-corrected chi connectivity index (χ1v) is 7.43. The smallest absolute Gasteiger partial charge is 0.122 e. The lowest BCUT2D eigenvalue weighted by Gasteiger charge is -2.14. The monoisotopic (exact) mass is 338 g/mol. The van der Waals surface area contributed by atoms with E-state index in [-0.39, 0.29) is 4.83 Å². The molecule has 0 fully saturated rings. The van der Waals surface area contributed by atoms with Crippen molar-refractivity contribution in [2.24, 2.45) is 0 Å². The molecule has 0 aliphatic rings. The van der Waals surface area contributed by atoms with Crippen molar-refractivity contribution in [2.75, 3.05) is 7.11 Å². The van der Waals surface area contributed by atoms with Crippen molar-refractivity contribution >= 4 is 27.5 Å². The molecule has 0 saturated carbocycles. The summed E-state index contributed by atoms with van der Waals surface area (Å²) in [5.74, 6) is 0.918. The van der Waals surface area contributed by atoms with Crippen LogP contribution in [-0.2, 0) is 6.42 Å². The molecular weight excluding hydrogens is 324 g/mol. The van der Waals surface area contributed by atoms with E-state index in [0.717, 1.165) is 28.3 Å². The van der Waals surface area contributed by atoms with E-state index in [0.29, 0.717) is 0 Å². The van der Waals surface area contributed by atoms with Gasteiger partial charge in [-0.2, -0.15) is 0 Å². The van der Waals surface area contributed by atoms with Gasteiger partial charge in [-0.1, -0.05) is 57.9 Å². The summed E-state index contributed by atoms with van der Waals surface area (Å²) in [6, 6.07) is 14.2. The van der Waals surface area contributed by atoms with Crippen molar-refractivity contribution in [2.45, 2.75) is 18.2 Å². The Balaban J connectivity index is 2.20. The Labute approximate surface area is 127 Å². The molecule has 0 N–H and O–H groups in total. The van der Waals surface area contributed by atoms with E-state index >= 15 is 0 Å². The average Bonchev–Trinajstić information content (AvgIpc) is 2.42. The maximum absolute atomic E-state index is 6.19. The Morgan fingerprint density at radius 1 is 1.21 bits per heavy atom. The molecule has 1 unspecified atom stereocenters. The normalized spacial score (nSPS) is 12.2. The molecule has 100 valence electrons. The molecule has 0 aliphatic carbocycles. The van der Waals surface area contributed by atoms with Crippen LogP contribution < -0.4 is 4.74 Å². The minimum Gasteiger partial charge on any atom is -0.496 e. The van der Waals surface area contributed by atoms with E-state index in [1.165, 1.54) is 5.56 Å². The van der Waals surface area contributed by atoms with E-state index in [2.05, 4.69) is 40.2 Å². The second kappa shape index (κ2) is 6.44. The van der Waals surface area contributed by atoms with Gasteiger partial charge in [-0.15, -0.1) is 0 Å². The SMILES string of the molecule is COc1cc(C(Br)Cc2ccccc2Cl)ccc1C. The van der Waals surface area contributed by atoms with Crippen LogP contribution in [0.3, 0.4) is 0 Å². The molecule has 1 nitrogen and oxygen atoms in total. The first-order chi connectivity index (χ1) is 9.11. The molecule has 0 radical (unpaired) electrons. The molecule has 0 aromatic heterocycles. The average molecular weight is 340 g/mol. The number of rotatable bonds is 4. The van der Waals surface area contributed by atoms with Gasteiger partial charge in [0, 0.05) is 9.85 Å². The Morgan fingerprint density at radius 2 is 1.95 bits per heavy atom. The second-order valence-electron chi connectivity index (χ2n) is 4.49. The summed E-state index contributed by atoms with van der Waals surface area (Å²) in [6.45, 7) is 2.04. The van der Waals surface area contributed by atoms with Crippen LogP contribution in [0.4, 0.5) is 0 Å². The van der Waals surface area contributed by atoms with Crippen LogP contribution in [0.2, 0.25) is 5.02 Å². The summed E-state index contributed by atoms with van der Waals surface area (Å²) in [5.41, 5.74) is 3.48. The summed E-state index contributed by atoms with van der Waals surface area (Å²) >= 11 is 9.92. The standard InChI is InChI=1S/C16H16BrClO/c1-11-7-8-12(10-16(11)19-2)14(17)9-13-5-3-4-6-15(13)18/h3-8,10,14H,9H2,1-2H3. The number of ether oxygens (including phenoxy) is 1. The van der Waals surface area contributed by atoms with Crippen molar-refractivity contribution in [3.8, 4) is 5.75 Å². The van der Waals surface area contributed by atoms with Gasteiger partial charge in [0.2, 0.25) is 0 Å². The first kappa shape index (κ1) is 14.4. The lowest BCUT2D eigenvalue weighted by molar-refractivity contribution is 0.411. The highest BCUT2D eigenvalue weighted by Crippen LogP contribution is 2.32. The largest absolute Gasteiger partial charge is 0.496 e. The Bertz CT molecular complexity index is 568. The number of aryl methyl sites for hydroxylation is 1. The maximum Gasteiger partial charge on any atom is 0.122 e. The molecule has 2 aromatic rings. The quantitative estimate of drug-likeness (QED) is 0.684. The predicted octanol–water partition coefficient (Wildman–Crippen LogP) is 5.34. The van der Waals surface area contributed by atoms with E-state index in [4.69, 9.17) is 16.3 Å². The third-order valence-electron chi connectivity index (χ3n) is 3.15. The summed E-state index contributed by atoms with van der Waals surface area (Å²) in [7, 11) is 1.70. The van der Waals surface area contributed by atoms with E-state index < -0.39 is 0 Å². The van der Waals surface area contributed by atoms with Crippen molar-refractivity contribution in [1.82, 2.24) is 0 Å². The van der Waals surface area contributed by atoms with E-state index in [1.54, 1.807) is 7.11 Å². The molecule has 19 heavy (non-hydrogen) atoms. The zero-order valence-corrected chi connectivity index (χ0v) is 13.3. The van der Waals surface area contributed by atoms with Gasteiger partial charge in [0.1, 0.15) is 5.75 Å². The molecule has 0 aliphatic heterocycles. The third-order valence-corrected chi connectivity index (χ3v) is 4.37. The molecule has 0 bridgehead atoms. The highest BCUT2D eigenvalue weighted by atomic mass is 79.9. The zero-order valence-electron chi connectivity index (χ0n) is 11.0. The zero-order chi connectivity index (χ0) is 13.8. The second-order valence-corrected chi connectivity index (χ2v) is 6.00. The molecule has 3 heteroatoms. The molecule has 0 spiro atoms. The van der Waals surface area contributed by atoms with Crippen molar-refractivity contribution < 1.29 is 4.74 Å². The fourth-order valence-corrected chi connectivity index (χ4v) is 2.85. The molecule has 0 saturated heterocycles. The van der Waals surface area contributed by atoms with Gasteiger partial charge in [-0.25, -0.2) is 0 Å². The van der Waals surface area contributed by atoms with Crippen LogP contribution in [0.15, 0.2) is 42.5 Å². The van der Waals surface area contributed by atoms with Crippen LogP contribution >= 0.6 is 27.5 Å². The van der Waals surface area contributed by atoms with Gasteiger partial charge in [-0.3, -0.25) is 0 Å². The number of alkyl halides is 1. The van der Waals surface area contributed by atoms with Gasteiger partial charge in [0.05, 0.1) is 7.11 Å². The van der Waals surface area contributed by atoms with Crippen LogP contribution in [0.5, 0.6) is 5.75 Å². The van der Waals surface area contributed by atoms with Gasteiger partial charge in [-0.05, 0) is 42.2 Å². The Morgan fingerprint density at radius 3 is 2.63 bits per heavy atom. The van der Waals surface area contributed by atoms with Gasteiger partial charge >= 0.3 is 0 Å². The van der Waals surface area contributed by atoms with Crippen molar-refractivity contribution in [3.05, 3.63) is 64.2 Å². The summed E-state index contributed by atoms with van der Waals surface area (Å²) < 4.78 is 5.36. The van der Waals surface area contributed by atoms with Crippen LogP contribution in [0, 0.1) is 6.92 Å². The number of hydrogen-bond acceptors (Lipinski definition) is 1. The fourth-order valence-electron chi connectivity index (χ4n) is 2.01. The Kier molecular flexibility index (Phi) is 4.89.